The molecule has 2 heterocycles. The van der Waals surface area contributed by atoms with Crippen molar-refractivity contribution in [2.45, 2.75) is 26.7 Å². The highest BCUT2D eigenvalue weighted by atomic mass is 19.1. The molecule has 0 spiro atoms. The first kappa shape index (κ1) is 14.3. The molecule has 2 N–H and O–H groups in total. The molecule has 1 aromatic heterocycles. The molecule has 0 unspecified atom stereocenters. The fourth-order valence-corrected chi connectivity index (χ4v) is 3.55. The fourth-order valence-electron chi connectivity index (χ4n) is 3.55. The van der Waals surface area contributed by atoms with Crippen LogP contribution in [0.4, 0.5) is 4.39 Å². The third kappa shape index (κ3) is 2.48. The van der Waals surface area contributed by atoms with Gasteiger partial charge in [-0.2, -0.15) is 0 Å². The minimum absolute atomic E-state index is 0.0724. The van der Waals surface area contributed by atoms with Crippen LogP contribution in [0.5, 0.6) is 0 Å². The summed E-state index contributed by atoms with van der Waals surface area (Å²) in [5.41, 5.74) is 0.572. The van der Waals surface area contributed by atoms with Crippen LogP contribution in [-0.2, 0) is 0 Å². The number of carbonyl (C=O) groups is 1. The molecule has 3 rings (SSSR count). The molecule has 0 amide bonds. The molecular formula is C17H21FN2O. The van der Waals surface area contributed by atoms with Crippen LogP contribution >= 0.6 is 0 Å². The van der Waals surface area contributed by atoms with Crippen LogP contribution in [0.1, 0.15) is 37.0 Å². The predicted octanol–water partition coefficient (Wildman–Crippen LogP) is 3.52. The van der Waals surface area contributed by atoms with E-state index in [4.69, 9.17) is 0 Å². The van der Waals surface area contributed by atoms with Crippen LogP contribution < -0.4 is 5.32 Å². The summed E-state index contributed by atoms with van der Waals surface area (Å²) in [6.07, 6.45) is 3.37. The van der Waals surface area contributed by atoms with Crippen LogP contribution in [0, 0.1) is 17.2 Å². The molecular weight excluding hydrogens is 267 g/mol. The second-order valence-electron chi connectivity index (χ2n) is 6.53. The molecule has 1 aliphatic heterocycles. The van der Waals surface area contributed by atoms with Crippen molar-refractivity contribution in [1.29, 1.82) is 0 Å². The topological polar surface area (TPSA) is 44.9 Å². The average molecular weight is 288 g/mol. The number of fused-ring (bicyclic) bond motifs is 1. The van der Waals surface area contributed by atoms with Gasteiger partial charge >= 0.3 is 0 Å². The SMILES string of the molecule is CC(C)C[C@@]1(C(=O)c2cc(F)c3[nH]ccc3c2)CCNC1. The minimum Gasteiger partial charge on any atom is -0.359 e. The molecule has 1 fully saturated rings. The van der Waals surface area contributed by atoms with Crippen molar-refractivity contribution < 1.29 is 9.18 Å². The van der Waals surface area contributed by atoms with Crippen molar-refractivity contribution in [3.63, 3.8) is 0 Å². The molecule has 0 saturated carbocycles. The number of nitrogens with one attached hydrogen (secondary N) is 2. The maximum Gasteiger partial charge on any atom is 0.170 e. The van der Waals surface area contributed by atoms with E-state index >= 15 is 0 Å². The Balaban J connectivity index is 2.01. The molecule has 0 bridgehead atoms. The number of H-pyrrole nitrogens is 1. The first-order chi connectivity index (χ1) is 10.0. The summed E-state index contributed by atoms with van der Waals surface area (Å²) in [4.78, 5) is 15.9. The van der Waals surface area contributed by atoms with Crippen LogP contribution in [0.15, 0.2) is 24.4 Å². The molecule has 1 aliphatic rings. The van der Waals surface area contributed by atoms with Gasteiger partial charge in [-0.1, -0.05) is 13.8 Å². The van der Waals surface area contributed by atoms with Gasteiger partial charge in [0.1, 0.15) is 5.82 Å². The van der Waals surface area contributed by atoms with Crippen molar-refractivity contribution in [3.8, 4) is 0 Å². The lowest BCUT2D eigenvalue weighted by atomic mass is 9.73. The van der Waals surface area contributed by atoms with Gasteiger partial charge in [0, 0.05) is 29.1 Å². The Hall–Kier alpha value is -1.68. The third-order valence-electron chi connectivity index (χ3n) is 4.40. The lowest BCUT2D eigenvalue weighted by Crippen LogP contribution is -2.35. The van der Waals surface area contributed by atoms with E-state index in [0.717, 1.165) is 24.8 Å². The molecule has 1 aromatic carbocycles. The Morgan fingerprint density at radius 3 is 2.90 bits per heavy atom. The van der Waals surface area contributed by atoms with Gasteiger partial charge in [0.2, 0.25) is 0 Å². The highest BCUT2D eigenvalue weighted by molar-refractivity contribution is 6.03. The monoisotopic (exact) mass is 288 g/mol. The molecule has 1 saturated heterocycles. The lowest BCUT2D eigenvalue weighted by molar-refractivity contribution is 0.0782. The van der Waals surface area contributed by atoms with E-state index in [1.165, 1.54) is 6.07 Å². The van der Waals surface area contributed by atoms with Crippen molar-refractivity contribution >= 4 is 16.7 Å². The van der Waals surface area contributed by atoms with Crippen molar-refractivity contribution in [3.05, 3.63) is 35.8 Å². The van der Waals surface area contributed by atoms with E-state index in [1.54, 1.807) is 18.3 Å². The highest BCUT2D eigenvalue weighted by Gasteiger charge is 2.41. The van der Waals surface area contributed by atoms with E-state index in [0.29, 0.717) is 23.5 Å². The number of aromatic amines is 1. The molecule has 0 aliphatic carbocycles. The first-order valence-electron chi connectivity index (χ1n) is 7.54. The Kier molecular flexibility index (Phi) is 3.57. The van der Waals surface area contributed by atoms with E-state index in [9.17, 15) is 9.18 Å². The first-order valence-corrected chi connectivity index (χ1v) is 7.54. The molecule has 3 nitrogen and oxygen atoms in total. The standard InChI is InChI=1S/C17H21FN2O/c1-11(2)9-17(4-6-19-10-17)16(21)13-7-12-3-5-20-15(12)14(18)8-13/h3,5,7-8,11,19-20H,4,6,9-10H2,1-2H3/t17-/m0/s1. The van der Waals surface area contributed by atoms with Gasteiger partial charge in [-0.15, -0.1) is 0 Å². The van der Waals surface area contributed by atoms with Crippen LogP contribution in [-0.4, -0.2) is 23.9 Å². The van der Waals surface area contributed by atoms with Crippen molar-refractivity contribution in [2.24, 2.45) is 11.3 Å². The van der Waals surface area contributed by atoms with Gasteiger partial charge in [0.05, 0.1) is 5.52 Å². The van der Waals surface area contributed by atoms with E-state index in [-0.39, 0.29) is 17.0 Å². The number of hydrogen-bond acceptors (Lipinski definition) is 2. The molecule has 0 radical (unpaired) electrons. The second kappa shape index (κ2) is 5.26. The summed E-state index contributed by atoms with van der Waals surface area (Å²) in [5.74, 6) is 0.157. The number of rotatable bonds is 4. The summed E-state index contributed by atoms with van der Waals surface area (Å²) >= 11 is 0. The molecule has 4 heteroatoms. The predicted molar refractivity (Wildman–Crippen MR) is 82.0 cm³/mol. The van der Waals surface area contributed by atoms with Gasteiger partial charge in [-0.3, -0.25) is 4.79 Å². The Bertz CT molecular complexity index is 668. The summed E-state index contributed by atoms with van der Waals surface area (Å²) in [5, 5.41) is 4.05. The van der Waals surface area contributed by atoms with E-state index in [1.807, 2.05) is 0 Å². The smallest absolute Gasteiger partial charge is 0.170 e. The Morgan fingerprint density at radius 1 is 1.43 bits per heavy atom. The van der Waals surface area contributed by atoms with Crippen LogP contribution in [0.3, 0.4) is 0 Å². The molecule has 2 aromatic rings. The van der Waals surface area contributed by atoms with Gasteiger partial charge in [-0.25, -0.2) is 4.39 Å². The number of carbonyl (C=O) groups excluding carboxylic acids is 1. The maximum atomic E-state index is 14.1. The largest absolute Gasteiger partial charge is 0.359 e. The van der Waals surface area contributed by atoms with Crippen molar-refractivity contribution in [1.82, 2.24) is 10.3 Å². The normalized spacial score (nSPS) is 22.3. The summed E-state index contributed by atoms with van der Waals surface area (Å²) < 4.78 is 14.1. The minimum atomic E-state index is -0.384. The van der Waals surface area contributed by atoms with E-state index in [2.05, 4.69) is 24.1 Å². The average Bonchev–Trinajstić information content (AvgIpc) is 3.06. The van der Waals surface area contributed by atoms with Gasteiger partial charge in [-0.05, 0) is 43.5 Å². The number of ketones is 1. The number of hydrogen-bond donors (Lipinski definition) is 2. The highest BCUT2D eigenvalue weighted by Crippen LogP contribution is 2.37. The Morgan fingerprint density at radius 2 is 2.24 bits per heavy atom. The third-order valence-corrected chi connectivity index (χ3v) is 4.40. The van der Waals surface area contributed by atoms with Crippen LogP contribution in [0.25, 0.3) is 10.9 Å². The number of Topliss-reactive ketones (excluding diaryl/α,β-unsaturated/α-hetero) is 1. The van der Waals surface area contributed by atoms with Crippen molar-refractivity contribution in [2.75, 3.05) is 13.1 Å². The van der Waals surface area contributed by atoms with E-state index < -0.39 is 0 Å². The maximum absolute atomic E-state index is 14.1. The summed E-state index contributed by atoms with van der Waals surface area (Å²) in [7, 11) is 0. The van der Waals surface area contributed by atoms with Crippen LogP contribution in [0.2, 0.25) is 0 Å². The van der Waals surface area contributed by atoms with Gasteiger partial charge < -0.3 is 10.3 Å². The molecule has 112 valence electrons. The molecule has 21 heavy (non-hydrogen) atoms. The number of aromatic nitrogens is 1. The second-order valence-corrected chi connectivity index (χ2v) is 6.53. The summed E-state index contributed by atoms with van der Waals surface area (Å²) in [6, 6.07) is 4.98. The lowest BCUT2D eigenvalue weighted by Gasteiger charge is -2.28. The van der Waals surface area contributed by atoms with Gasteiger partial charge in [0.15, 0.2) is 5.78 Å². The quantitative estimate of drug-likeness (QED) is 0.846. The van der Waals surface area contributed by atoms with Gasteiger partial charge in [0.25, 0.3) is 0 Å². The number of benzene rings is 1. The zero-order chi connectivity index (χ0) is 15.0. The summed E-state index contributed by atoms with van der Waals surface area (Å²) in [6.45, 7) is 5.80. The zero-order valence-corrected chi connectivity index (χ0v) is 12.5. The molecule has 1 atom stereocenters. The number of halogens is 1. The fraction of sp³-hybridized carbons (Fsp3) is 0.471. The zero-order valence-electron chi connectivity index (χ0n) is 12.5. The Labute approximate surface area is 123 Å².